The Morgan fingerprint density at radius 2 is 1.83 bits per heavy atom. The zero-order valence-corrected chi connectivity index (χ0v) is 9.42. The van der Waals surface area contributed by atoms with Crippen molar-refractivity contribution in [2.75, 3.05) is 0 Å². The number of rotatable bonds is 1. The van der Waals surface area contributed by atoms with E-state index in [0.717, 1.165) is 27.7 Å². The normalized spacial score (nSPS) is 11.3. The number of H-pyrrole nitrogens is 1. The minimum absolute atomic E-state index is 0.776. The van der Waals surface area contributed by atoms with Crippen LogP contribution in [0.5, 0.6) is 0 Å². The number of aromatic amines is 1. The minimum atomic E-state index is 0.776. The molecule has 18 heavy (non-hydrogen) atoms. The summed E-state index contributed by atoms with van der Waals surface area (Å²) in [6.45, 7) is 0. The molecule has 0 radical (unpaired) electrons. The molecule has 0 saturated heterocycles. The standard InChI is InChI=1S/C14H9N3O/c1-2-4-12-10(3-1)11(8-15-12)9-5-6-13-14(7-9)17-18-16-13/h1-8,15H. The molecule has 0 aliphatic rings. The Morgan fingerprint density at radius 3 is 2.83 bits per heavy atom. The third-order valence-electron chi connectivity index (χ3n) is 3.15. The summed E-state index contributed by atoms with van der Waals surface area (Å²) < 4.78 is 4.72. The molecule has 0 amide bonds. The van der Waals surface area contributed by atoms with Gasteiger partial charge in [-0.25, -0.2) is 4.63 Å². The summed E-state index contributed by atoms with van der Waals surface area (Å²) in [4.78, 5) is 3.27. The largest absolute Gasteiger partial charge is 0.361 e. The molecule has 0 spiro atoms. The summed E-state index contributed by atoms with van der Waals surface area (Å²) in [6.07, 6.45) is 2.01. The molecule has 2 aromatic carbocycles. The van der Waals surface area contributed by atoms with E-state index < -0.39 is 0 Å². The van der Waals surface area contributed by atoms with Crippen molar-refractivity contribution in [1.82, 2.24) is 15.3 Å². The van der Waals surface area contributed by atoms with Gasteiger partial charge in [-0.1, -0.05) is 24.3 Å². The molecular weight excluding hydrogens is 226 g/mol. The van der Waals surface area contributed by atoms with Gasteiger partial charge in [0.2, 0.25) is 0 Å². The van der Waals surface area contributed by atoms with Crippen LogP contribution in [0.3, 0.4) is 0 Å². The Morgan fingerprint density at radius 1 is 0.944 bits per heavy atom. The highest BCUT2D eigenvalue weighted by molar-refractivity contribution is 5.97. The Labute approximate surface area is 102 Å². The maximum atomic E-state index is 4.72. The van der Waals surface area contributed by atoms with Crippen molar-refractivity contribution in [3.8, 4) is 11.1 Å². The summed E-state index contributed by atoms with van der Waals surface area (Å²) in [6, 6.07) is 14.2. The Bertz CT molecular complexity index is 844. The maximum absolute atomic E-state index is 4.72. The van der Waals surface area contributed by atoms with Crippen molar-refractivity contribution in [3.63, 3.8) is 0 Å². The van der Waals surface area contributed by atoms with Gasteiger partial charge < -0.3 is 4.98 Å². The first-order valence-corrected chi connectivity index (χ1v) is 5.71. The van der Waals surface area contributed by atoms with E-state index in [9.17, 15) is 0 Å². The molecule has 4 heteroatoms. The van der Waals surface area contributed by atoms with Crippen LogP contribution < -0.4 is 0 Å². The number of hydrogen-bond acceptors (Lipinski definition) is 3. The molecule has 0 aliphatic carbocycles. The molecular formula is C14H9N3O. The highest BCUT2D eigenvalue weighted by atomic mass is 16.6. The molecule has 86 valence electrons. The third kappa shape index (κ3) is 1.26. The minimum Gasteiger partial charge on any atom is -0.361 e. The fourth-order valence-corrected chi connectivity index (χ4v) is 2.26. The van der Waals surface area contributed by atoms with Gasteiger partial charge in [-0.15, -0.1) is 0 Å². The van der Waals surface area contributed by atoms with Gasteiger partial charge in [-0.05, 0) is 34.1 Å². The molecule has 0 aliphatic heterocycles. The second-order valence-corrected chi connectivity index (χ2v) is 4.22. The van der Waals surface area contributed by atoms with Gasteiger partial charge in [0.15, 0.2) is 0 Å². The van der Waals surface area contributed by atoms with Crippen LogP contribution >= 0.6 is 0 Å². The van der Waals surface area contributed by atoms with Gasteiger partial charge in [0.05, 0.1) is 0 Å². The highest BCUT2D eigenvalue weighted by Crippen LogP contribution is 2.29. The number of hydrogen-bond donors (Lipinski definition) is 1. The monoisotopic (exact) mass is 235 g/mol. The van der Waals surface area contributed by atoms with Crippen LogP contribution in [-0.2, 0) is 0 Å². The maximum Gasteiger partial charge on any atom is 0.135 e. The SMILES string of the molecule is c1ccc2c(-c3ccc4nonc4c3)c[nH]c2c1. The molecule has 0 atom stereocenters. The molecule has 0 unspecified atom stereocenters. The molecule has 4 aromatic rings. The van der Waals surface area contributed by atoms with Gasteiger partial charge in [0.25, 0.3) is 0 Å². The van der Waals surface area contributed by atoms with Crippen LogP contribution in [0, 0.1) is 0 Å². The zero-order chi connectivity index (χ0) is 11.9. The van der Waals surface area contributed by atoms with E-state index in [1.165, 1.54) is 5.39 Å². The second kappa shape index (κ2) is 3.43. The number of nitrogens with one attached hydrogen (secondary N) is 1. The summed E-state index contributed by atoms with van der Waals surface area (Å²) in [5, 5.41) is 8.88. The number of para-hydroxylation sites is 1. The molecule has 0 fully saturated rings. The summed E-state index contributed by atoms with van der Waals surface area (Å²) in [5.41, 5.74) is 4.95. The van der Waals surface area contributed by atoms with E-state index in [1.54, 1.807) is 0 Å². The van der Waals surface area contributed by atoms with E-state index in [1.807, 2.05) is 36.5 Å². The smallest absolute Gasteiger partial charge is 0.135 e. The lowest BCUT2D eigenvalue weighted by Crippen LogP contribution is -1.76. The van der Waals surface area contributed by atoms with Crippen molar-refractivity contribution < 1.29 is 4.63 Å². The second-order valence-electron chi connectivity index (χ2n) is 4.22. The lowest BCUT2D eigenvalue weighted by Gasteiger charge is -1.98. The summed E-state index contributed by atoms with van der Waals surface area (Å²) in [7, 11) is 0. The number of aromatic nitrogens is 3. The van der Waals surface area contributed by atoms with Crippen molar-refractivity contribution >= 4 is 21.9 Å². The van der Waals surface area contributed by atoms with Crippen LogP contribution in [0.15, 0.2) is 53.3 Å². The number of nitrogens with zero attached hydrogens (tertiary/aromatic N) is 2. The van der Waals surface area contributed by atoms with Gasteiger partial charge in [-0.2, -0.15) is 0 Å². The predicted molar refractivity (Wildman–Crippen MR) is 69.1 cm³/mol. The van der Waals surface area contributed by atoms with Crippen molar-refractivity contribution in [1.29, 1.82) is 0 Å². The van der Waals surface area contributed by atoms with Gasteiger partial charge in [0, 0.05) is 22.7 Å². The van der Waals surface area contributed by atoms with E-state index in [0.29, 0.717) is 0 Å². The molecule has 0 bridgehead atoms. The van der Waals surface area contributed by atoms with E-state index in [2.05, 4.69) is 27.4 Å². The van der Waals surface area contributed by atoms with E-state index >= 15 is 0 Å². The van der Waals surface area contributed by atoms with Crippen molar-refractivity contribution in [3.05, 3.63) is 48.7 Å². The Hall–Kier alpha value is -2.62. The average molecular weight is 235 g/mol. The molecule has 2 aromatic heterocycles. The number of benzene rings is 2. The fraction of sp³-hybridized carbons (Fsp3) is 0. The lowest BCUT2D eigenvalue weighted by molar-refractivity contribution is 0.315. The van der Waals surface area contributed by atoms with Crippen LogP contribution in [-0.4, -0.2) is 15.3 Å². The first-order valence-electron chi connectivity index (χ1n) is 5.71. The van der Waals surface area contributed by atoms with Gasteiger partial charge >= 0.3 is 0 Å². The zero-order valence-electron chi connectivity index (χ0n) is 9.42. The summed E-state index contributed by atoms with van der Waals surface area (Å²) >= 11 is 0. The van der Waals surface area contributed by atoms with Gasteiger partial charge in [0.1, 0.15) is 11.0 Å². The lowest BCUT2D eigenvalue weighted by atomic mass is 10.0. The van der Waals surface area contributed by atoms with E-state index in [-0.39, 0.29) is 0 Å². The predicted octanol–water partition coefficient (Wildman–Crippen LogP) is 3.37. The molecule has 4 rings (SSSR count). The first-order chi connectivity index (χ1) is 8.92. The topological polar surface area (TPSA) is 54.7 Å². The first kappa shape index (κ1) is 9.41. The molecule has 4 nitrogen and oxygen atoms in total. The Kier molecular flexibility index (Phi) is 1.80. The summed E-state index contributed by atoms with van der Waals surface area (Å²) in [5.74, 6) is 0. The van der Waals surface area contributed by atoms with Crippen LogP contribution in [0.2, 0.25) is 0 Å². The van der Waals surface area contributed by atoms with E-state index in [4.69, 9.17) is 4.63 Å². The van der Waals surface area contributed by atoms with Gasteiger partial charge in [-0.3, -0.25) is 0 Å². The molecule has 1 N–H and O–H groups in total. The quantitative estimate of drug-likeness (QED) is 0.550. The molecule has 2 heterocycles. The van der Waals surface area contributed by atoms with Crippen molar-refractivity contribution in [2.45, 2.75) is 0 Å². The van der Waals surface area contributed by atoms with Crippen molar-refractivity contribution in [2.24, 2.45) is 0 Å². The van der Waals surface area contributed by atoms with Crippen LogP contribution in [0.4, 0.5) is 0 Å². The highest BCUT2D eigenvalue weighted by Gasteiger charge is 2.07. The average Bonchev–Trinajstić information content (AvgIpc) is 3.04. The fourth-order valence-electron chi connectivity index (χ4n) is 2.26. The Balaban J connectivity index is 2.00. The van der Waals surface area contributed by atoms with Crippen LogP contribution in [0.25, 0.3) is 33.1 Å². The third-order valence-corrected chi connectivity index (χ3v) is 3.15. The molecule has 0 saturated carbocycles. The number of fused-ring (bicyclic) bond motifs is 2. The van der Waals surface area contributed by atoms with Crippen LogP contribution in [0.1, 0.15) is 0 Å².